The Morgan fingerprint density at radius 1 is 1.46 bits per heavy atom. The first-order chi connectivity index (χ1) is 6.31. The van der Waals surface area contributed by atoms with Crippen LogP contribution in [0.15, 0.2) is 0 Å². The Kier molecular flexibility index (Phi) is 2.12. The monoisotopic (exact) mass is 179 g/mol. The smallest absolute Gasteiger partial charge is 0.148 e. The van der Waals surface area contributed by atoms with Gasteiger partial charge in [0.1, 0.15) is 11.6 Å². The Balaban J connectivity index is 2.50. The van der Waals surface area contributed by atoms with Crippen LogP contribution in [0.3, 0.4) is 0 Å². The van der Waals surface area contributed by atoms with E-state index < -0.39 is 0 Å². The zero-order chi connectivity index (χ0) is 9.26. The second kappa shape index (κ2) is 3.27. The standard InChI is InChI=1S/C8H13N5/c1-5-11-7-2-3-10-4-6(7)8(12-5)13-9/h10H,2-4,9H2,1H3,(H,11,12,13). The molecule has 0 atom stereocenters. The molecule has 2 rings (SSSR count). The van der Waals surface area contributed by atoms with E-state index >= 15 is 0 Å². The highest BCUT2D eigenvalue weighted by molar-refractivity contribution is 5.46. The van der Waals surface area contributed by atoms with Gasteiger partial charge < -0.3 is 10.7 Å². The lowest BCUT2D eigenvalue weighted by Gasteiger charge is -2.18. The second-order valence-electron chi connectivity index (χ2n) is 3.12. The summed E-state index contributed by atoms with van der Waals surface area (Å²) in [6, 6.07) is 0. The third-order valence-corrected chi connectivity index (χ3v) is 2.18. The van der Waals surface area contributed by atoms with Crippen LogP contribution in [0.5, 0.6) is 0 Å². The summed E-state index contributed by atoms with van der Waals surface area (Å²) in [5.41, 5.74) is 4.81. The molecule has 0 aliphatic carbocycles. The molecule has 1 aromatic rings. The Labute approximate surface area is 76.7 Å². The van der Waals surface area contributed by atoms with E-state index in [0.717, 1.165) is 42.4 Å². The van der Waals surface area contributed by atoms with Gasteiger partial charge in [-0.1, -0.05) is 0 Å². The maximum Gasteiger partial charge on any atom is 0.148 e. The number of anilines is 1. The third-order valence-electron chi connectivity index (χ3n) is 2.18. The molecule has 0 saturated heterocycles. The largest absolute Gasteiger partial charge is 0.312 e. The number of rotatable bonds is 1. The minimum absolute atomic E-state index is 0.745. The van der Waals surface area contributed by atoms with Gasteiger partial charge in [-0.25, -0.2) is 15.8 Å². The molecule has 0 saturated carbocycles. The topological polar surface area (TPSA) is 75.9 Å². The summed E-state index contributed by atoms with van der Waals surface area (Å²) in [7, 11) is 0. The lowest BCUT2D eigenvalue weighted by atomic mass is 10.1. The number of nitrogens with one attached hydrogen (secondary N) is 2. The van der Waals surface area contributed by atoms with Crippen LogP contribution in [-0.2, 0) is 13.0 Å². The van der Waals surface area contributed by atoms with Gasteiger partial charge in [-0.05, 0) is 6.92 Å². The molecule has 1 aliphatic heterocycles. The van der Waals surface area contributed by atoms with E-state index in [1.807, 2.05) is 6.92 Å². The quantitative estimate of drug-likeness (QED) is 0.408. The highest BCUT2D eigenvalue weighted by Crippen LogP contribution is 2.18. The predicted molar refractivity (Wildman–Crippen MR) is 50.0 cm³/mol. The summed E-state index contributed by atoms with van der Waals surface area (Å²) in [4.78, 5) is 8.59. The average molecular weight is 179 g/mol. The van der Waals surface area contributed by atoms with Gasteiger partial charge in [0.2, 0.25) is 0 Å². The number of hydrazine groups is 1. The van der Waals surface area contributed by atoms with E-state index in [-0.39, 0.29) is 0 Å². The SMILES string of the molecule is Cc1nc2c(c(NN)n1)CNCC2. The van der Waals surface area contributed by atoms with Gasteiger partial charge in [-0.3, -0.25) is 0 Å². The zero-order valence-electron chi connectivity index (χ0n) is 7.59. The van der Waals surface area contributed by atoms with Crippen molar-refractivity contribution < 1.29 is 0 Å². The van der Waals surface area contributed by atoms with Crippen molar-refractivity contribution in [2.45, 2.75) is 19.9 Å². The molecule has 5 heteroatoms. The molecule has 2 heterocycles. The molecule has 13 heavy (non-hydrogen) atoms. The summed E-state index contributed by atoms with van der Waals surface area (Å²) in [5.74, 6) is 6.89. The lowest BCUT2D eigenvalue weighted by molar-refractivity contribution is 0.624. The van der Waals surface area contributed by atoms with Crippen LogP contribution in [0.25, 0.3) is 0 Å². The maximum atomic E-state index is 5.37. The summed E-state index contributed by atoms with van der Waals surface area (Å²) in [6.45, 7) is 3.66. The van der Waals surface area contributed by atoms with Crippen molar-refractivity contribution in [2.75, 3.05) is 12.0 Å². The van der Waals surface area contributed by atoms with E-state index in [2.05, 4.69) is 20.7 Å². The number of hydrogen-bond donors (Lipinski definition) is 3. The van der Waals surface area contributed by atoms with Crippen molar-refractivity contribution in [2.24, 2.45) is 5.84 Å². The molecule has 0 amide bonds. The number of nitrogen functional groups attached to an aromatic ring is 1. The number of aromatic nitrogens is 2. The van der Waals surface area contributed by atoms with Crippen LogP contribution in [0.4, 0.5) is 5.82 Å². The molecule has 0 fully saturated rings. The van der Waals surface area contributed by atoms with Crippen molar-refractivity contribution in [1.82, 2.24) is 15.3 Å². The lowest BCUT2D eigenvalue weighted by Crippen LogP contribution is -2.27. The fourth-order valence-electron chi connectivity index (χ4n) is 1.59. The number of fused-ring (bicyclic) bond motifs is 1. The van der Waals surface area contributed by atoms with Crippen LogP contribution in [0.2, 0.25) is 0 Å². The maximum absolute atomic E-state index is 5.37. The van der Waals surface area contributed by atoms with Gasteiger partial charge in [0, 0.05) is 25.1 Å². The van der Waals surface area contributed by atoms with Gasteiger partial charge in [0.05, 0.1) is 5.69 Å². The molecule has 0 bridgehead atoms. The molecule has 5 nitrogen and oxygen atoms in total. The Morgan fingerprint density at radius 2 is 2.31 bits per heavy atom. The number of hydrogen-bond acceptors (Lipinski definition) is 5. The van der Waals surface area contributed by atoms with Crippen molar-refractivity contribution in [1.29, 1.82) is 0 Å². The first-order valence-corrected chi connectivity index (χ1v) is 4.35. The van der Waals surface area contributed by atoms with Crippen molar-refractivity contribution in [3.05, 3.63) is 17.1 Å². The van der Waals surface area contributed by atoms with Gasteiger partial charge in [0.15, 0.2) is 0 Å². The third kappa shape index (κ3) is 1.48. The fraction of sp³-hybridized carbons (Fsp3) is 0.500. The number of nitrogens with two attached hydrogens (primary N) is 1. The molecule has 0 spiro atoms. The molecular weight excluding hydrogens is 166 g/mol. The molecule has 1 aliphatic rings. The van der Waals surface area contributed by atoms with Crippen LogP contribution >= 0.6 is 0 Å². The molecule has 70 valence electrons. The van der Waals surface area contributed by atoms with E-state index in [1.165, 1.54) is 0 Å². The Hall–Kier alpha value is -1.20. The van der Waals surface area contributed by atoms with Crippen molar-refractivity contribution >= 4 is 5.82 Å². The molecular formula is C8H13N5. The first kappa shape index (κ1) is 8.40. The Bertz CT molecular complexity index is 305. The van der Waals surface area contributed by atoms with E-state index in [9.17, 15) is 0 Å². The summed E-state index contributed by atoms with van der Waals surface area (Å²) >= 11 is 0. The number of nitrogens with zero attached hydrogens (tertiary/aromatic N) is 2. The zero-order valence-corrected chi connectivity index (χ0v) is 7.59. The molecule has 0 unspecified atom stereocenters. The summed E-state index contributed by atoms with van der Waals surface area (Å²) in [6.07, 6.45) is 0.952. The second-order valence-corrected chi connectivity index (χ2v) is 3.12. The van der Waals surface area contributed by atoms with Crippen LogP contribution in [-0.4, -0.2) is 16.5 Å². The van der Waals surface area contributed by atoms with Crippen molar-refractivity contribution in [3.8, 4) is 0 Å². The fourth-order valence-corrected chi connectivity index (χ4v) is 1.59. The molecule has 1 aromatic heterocycles. The normalized spacial score (nSPS) is 15.2. The molecule has 4 N–H and O–H groups in total. The van der Waals surface area contributed by atoms with Gasteiger partial charge in [0.25, 0.3) is 0 Å². The summed E-state index contributed by atoms with van der Waals surface area (Å²) in [5, 5.41) is 3.26. The minimum Gasteiger partial charge on any atom is -0.312 e. The molecule has 0 radical (unpaired) electrons. The molecule has 0 aromatic carbocycles. The Morgan fingerprint density at radius 3 is 3.08 bits per heavy atom. The van der Waals surface area contributed by atoms with E-state index in [1.54, 1.807) is 0 Å². The van der Waals surface area contributed by atoms with Crippen LogP contribution in [0, 0.1) is 6.92 Å². The predicted octanol–water partition coefficient (Wildman–Crippen LogP) is -0.284. The van der Waals surface area contributed by atoms with Gasteiger partial charge in [-0.2, -0.15) is 0 Å². The van der Waals surface area contributed by atoms with Gasteiger partial charge >= 0.3 is 0 Å². The number of aryl methyl sites for hydroxylation is 1. The van der Waals surface area contributed by atoms with E-state index in [0.29, 0.717) is 0 Å². The summed E-state index contributed by atoms with van der Waals surface area (Å²) < 4.78 is 0. The van der Waals surface area contributed by atoms with Gasteiger partial charge in [-0.15, -0.1) is 0 Å². The minimum atomic E-state index is 0.745. The average Bonchev–Trinajstić information content (AvgIpc) is 2.16. The van der Waals surface area contributed by atoms with Crippen LogP contribution in [0.1, 0.15) is 17.1 Å². The van der Waals surface area contributed by atoms with E-state index in [4.69, 9.17) is 5.84 Å². The first-order valence-electron chi connectivity index (χ1n) is 4.35. The van der Waals surface area contributed by atoms with Crippen LogP contribution < -0.4 is 16.6 Å². The highest BCUT2D eigenvalue weighted by Gasteiger charge is 2.15. The van der Waals surface area contributed by atoms with Crippen molar-refractivity contribution in [3.63, 3.8) is 0 Å². The highest BCUT2D eigenvalue weighted by atomic mass is 15.3.